The Hall–Kier alpha value is -5.77. The molecule has 2 unspecified atom stereocenters. The predicted octanol–water partition coefficient (Wildman–Crippen LogP) is 12.2. The van der Waals surface area contributed by atoms with Gasteiger partial charge in [0.1, 0.15) is 0 Å². The second-order valence-corrected chi connectivity index (χ2v) is 14.4. The third-order valence-corrected chi connectivity index (χ3v) is 12.1. The molecule has 11 rings (SSSR count). The molecular formula is C46H30N2S. The molecule has 2 atom stereocenters. The van der Waals surface area contributed by atoms with Crippen LogP contribution < -0.4 is 0 Å². The molecule has 9 aromatic rings. The van der Waals surface area contributed by atoms with Gasteiger partial charge in [0, 0.05) is 54.4 Å². The van der Waals surface area contributed by atoms with Crippen molar-refractivity contribution >= 4 is 71.7 Å². The summed E-state index contributed by atoms with van der Waals surface area (Å²) in [5, 5.41) is 8.03. The average Bonchev–Trinajstić information content (AvgIpc) is 3.82. The van der Waals surface area contributed by atoms with E-state index in [0.29, 0.717) is 11.2 Å². The van der Waals surface area contributed by atoms with Crippen LogP contribution in [-0.4, -0.2) is 14.4 Å². The molecular weight excluding hydrogens is 613 g/mol. The maximum atomic E-state index is 2.47. The monoisotopic (exact) mass is 642 g/mol. The number of para-hydroxylation sites is 2. The Morgan fingerprint density at radius 3 is 2.10 bits per heavy atom. The summed E-state index contributed by atoms with van der Waals surface area (Å²) >= 11 is 2.00. The fourth-order valence-corrected chi connectivity index (χ4v) is 9.99. The van der Waals surface area contributed by atoms with Crippen LogP contribution in [-0.2, 0) is 0 Å². The van der Waals surface area contributed by atoms with Crippen molar-refractivity contribution in [2.75, 3.05) is 0 Å². The third-order valence-electron chi connectivity index (χ3n) is 10.7. The van der Waals surface area contributed by atoms with Crippen LogP contribution in [0.2, 0.25) is 0 Å². The SMILES string of the molecule is C1=CC2c3ccccc3SC2C(c2ccc(-n3c4ccccc4c4cc5c6ccc7ccccc7c6n(-c6ccccc6)c5cc43)cc2)=C1. The molecule has 0 spiro atoms. The van der Waals surface area contributed by atoms with Crippen LogP contribution in [0.5, 0.6) is 0 Å². The van der Waals surface area contributed by atoms with Crippen LogP contribution in [0.4, 0.5) is 0 Å². The van der Waals surface area contributed by atoms with Crippen molar-refractivity contribution in [2.45, 2.75) is 16.1 Å². The third kappa shape index (κ3) is 3.91. The summed E-state index contributed by atoms with van der Waals surface area (Å²) in [7, 11) is 0. The lowest BCUT2D eigenvalue weighted by molar-refractivity contribution is 0.893. The van der Waals surface area contributed by atoms with Crippen molar-refractivity contribution in [3.63, 3.8) is 0 Å². The number of nitrogens with zero attached hydrogens (tertiary/aromatic N) is 2. The molecule has 49 heavy (non-hydrogen) atoms. The number of aromatic nitrogens is 2. The number of allylic oxidation sites excluding steroid dienone is 3. The van der Waals surface area contributed by atoms with Crippen molar-refractivity contribution in [3.05, 3.63) is 181 Å². The van der Waals surface area contributed by atoms with Crippen LogP contribution in [0.1, 0.15) is 17.0 Å². The van der Waals surface area contributed by atoms with E-state index in [0.717, 1.165) is 0 Å². The minimum absolute atomic E-state index is 0.408. The van der Waals surface area contributed by atoms with Crippen LogP contribution in [0.25, 0.3) is 71.3 Å². The quantitative estimate of drug-likeness (QED) is 0.186. The lowest BCUT2D eigenvalue weighted by atomic mass is 9.85. The highest BCUT2D eigenvalue weighted by atomic mass is 32.2. The van der Waals surface area contributed by atoms with Gasteiger partial charge in [0.25, 0.3) is 0 Å². The first-order valence-electron chi connectivity index (χ1n) is 17.0. The first-order valence-corrected chi connectivity index (χ1v) is 17.9. The fourth-order valence-electron chi connectivity index (χ4n) is 8.50. The molecule has 0 saturated carbocycles. The lowest BCUT2D eigenvalue weighted by Gasteiger charge is -2.23. The molecule has 7 aromatic carbocycles. The highest BCUT2D eigenvalue weighted by molar-refractivity contribution is 8.00. The minimum Gasteiger partial charge on any atom is -0.309 e. The fraction of sp³-hybridized carbons (Fsp3) is 0.0435. The Morgan fingerprint density at radius 1 is 0.490 bits per heavy atom. The topological polar surface area (TPSA) is 9.86 Å². The summed E-state index contributed by atoms with van der Waals surface area (Å²) < 4.78 is 4.92. The Bertz CT molecular complexity index is 2850. The molecule has 1 aliphatic heterocycles. The van der Waals surface area contributed by atoms with Gasteiger partial charge in [-0.3, -0.25) is 0 Å². The molecule has 0 saturated heterocycles. The molecule has 230 valence electrons. The van der Waals surface area contributed by atoms with Gasteiger partial charge in [-0.15, -0.1) is 11.8 Å². The largest absolute Gasteiger partial charge is 0.309 e. The van der Waals surface area contributed by atoms with Crippen LogP contribution in [0.3, 0.4) is 0 Å². The van der Waals surface area contributed by atoms with E-state index in [1.54, 1.807) is 0 Å². The van der Waals surface area contributed by atoms with Gasteiger partial charge in [-0.25, -0.2) is 0 Å². The van der Waals surface area contributed by atoms with Gasteiger partial charge in [-0.1, -0.05) is 121 Å². The van der Waals surface area contributed by atoms with Gasteiger partial charge in [-0.05, 0) is 70.6 Å². The second kappa shape index (κ2) is 10.4. The van der Waals surface area contributed by atoms with E-state index in [1.807, 2.05) is 11.8 Å². The predicted molar refractivity (Wildman–Crippen MR) is 209 cm³/mol. The maximum absolute atomic E-state index is 2.47. The zero-order chi connectivity index (χ0) is 32.1. The Balaban J connectivity index is 1.13. The van der Waals surface area contributed by atoms with E-state index < -0.39 is 0 Å². The van der Waals surface area contributed by atoms with Crippen molar-refractivity contribution in [1.82, 2.24) is 9.13 Å². The number of hydrogen-bond donors (Lipinski definition) is 0. The molecule has 2 nitrogen and oxygen atoms in total. The number of fused-ring (bicyclic) bond motifs is 11. The highest BCUT2D eigenvalue weighted by Gasteiger charge is 2.35. The molecule has 0 amide bonds. The molecule has 2 aliphatic rings. The zero-order valence-electron chi connectivity index (χ0n) is 26.6. The molecule has 0 bridgehead atoms. The van der Waals surface area contributed by atoms with E-state index >= 15 is 0 Å². The Labute approximate surface area is 288 Å². The van der Waals surface area contributed by atoms with E-state index in [4.69, 9.17) is 0 Å². The van der Waals surface area contributed by atoms with E-state index in [-0.39, 0.29) is 0 Å². The van der Waals surface area contributed by atoms with Gasteiger partial charge < -0.3 is 9.13 Å². The molecule has 3 heterocycles. The van der Waals surface area contributed by atoms with E-state index in [2.05, 4.69) is 179 Å². The van der Waals surface area contributed by atoms with Crippen LogP contribution in [0.15, 0.2) is 175 Å². The van der Waals surface area contributed by atoms with Gasteiger partial charge in [0.2, 0.25) is 0 Å². The smallest absolute Gasteiger partial charge is 0.0619 e. The van der Waals surface area contributed by atoms with Crippen molar-refractivity contribution < 1.29 is 0 Å². The van der Waals surface area contributed by atoms with Crippen molar-refractivity contribution in [1.29, 1.82) is 0 Å². The summed E-state index contributed by atoms with van der Waals surface area (Å²) in [5.41, 5.74) is 11.4. The Morgan fingerprint density at radius 2 is 1.20 bits per heavy atom. The summed E-state index contributed by atoms with van der Waals surface area (Å²) in [6.45, 7) is 0. The first-order chi connectivity index (χ1) is 24.3. The summed E-state index contributed by atoms with van der Waals surface area (Å²) in [4.78, 5) is 1.41. The standard InChI is InChI=1S/C46H30N2S/c1-2-12-31(13-3-1)48-43-28-42-39(27-40(43)37-26-23-29-11-4-5-14-33(29)45(37)48)35-15-6-8-19-41(35)47(42)32-24-21-30(22-25-32)34-17-10-18-38-36-16-7-9-20-44(36)49-46(34)38/h1-28,38,46H. The summed E-state index contributed by atoms with van der Waals surface area (Å²) in [6, 6.07) is 56.0. The number of rotatable bonds is 3. The molecule has 0 N–H and O–H groups in total. The average molecular weight is 643 g/mol. The first kappa shape index (κ1) is 27.2. The molecule has 0 radical (unpaired) electrons. The molecule has 0 fully saturated rings. The van der Waals surface area contributed by atoms with Crippen LogP contribution >= 0.6 is 11.8 Å². The van der Waals surface area contributed by atoms with Crippen LogP contribution in [0, 0.1) is 0 Å². The number of benzene rings is 7. The van der Waals surface area contributed by atoms with Gasteiger partial charge in [-0.2, -0.15) is 0 Å². The second-order valence-electron chi connectivity index (χ2n) is 13.2. The van der Waals surface area contributed by atoms with E-state index in [1.165, 1.54) is 87.4 Å². The zero-order valence-corrected chi connectivity index (χ0v) is 27.4. The Kier molecular flexibility index (Phi) is 5.75. The highest BCUT2D eigenvalue weighted by Crippen LogP contribution is 2.52. The van der Waals surface area contributed by atoms with Crippen molar-refractivity contribution in [2.24, 2.45) is 0 Å². The molecule has 3 heteroatoms. The van der Waals surface area contributed by atoms with Gasteiger partial charge in [0.15, 0.2) is 0 Å². The van der Waals surface area contributed by atoms with Gasteiger partial charge >= 0.3 is 0 Å². The van der Waals surface area contributed by atoms with Gasteiger partial charge in [0.05, 0.1) is 22.1 Å². The number of hydrogen-bond acceptors (Lipinski definition) is 1. The van der Waals surface area contributed by atoms with E-state index in [9.17, 15) is 0 Å². The van der Waals surface area contributed by atoms with Crippen molar-refractivity contribution in [3.8, 4) is 11.4 Å². The normalized spacial score (nSPS) is 16.9. The maximum Gasteiger partial charge on any atom is 0.0619 e. The minimum atomic E-state index is 0.408. The summed E-state index contributed by atoms with van der Waals surface area (Å²) in [5.74, 6) is 0.425. The summed E-state index contributed by atoms with van der Waals surface area (Å²) in [6.07, 6.45) is 6.94. The molecule has 2 aromatic heterocycles. The number of thioether (sulfide) groups is 1. The molecule has 1 aliphatic carbocycles. The lowest BCUT2D eigenvalue weighted by Crippen LogP contribution is -2.13.